The van der Waals surface area contributed by atoms with Gasteiger partial charge in [0.1, 0.15) is 10.8 Å². The topological polar surface area (TPSA) is 64.3 Å². The predicted octanol–water partition coefficient (Wildman–Crippen LogP) is 2.47. The summed E-state index contributed by atoms with van der Waals surface area (Å²) < 4.78 is 31.1. The molecule has 0 spiro atoms. The van der Waals surface area contributed by atoms with Crippen LogP contribution in [-0.4, -0.2) is 31.0 Å². The number of nitrogens with one attached hydrogen (secondary N) is 1. The average Bonchev–Trinajstić information content (AvgIpc) is 2.41. The lowest BCUT2D eigenvalue weighted by Gasteiger charge is -2.18. The Morgan fingerprint density at radius 3 is 2.75 bits per heavy atom. The Bertz CT molecular complexity index is 487. The molecule has 0 aliphatic carbocycles. The van der Waals surface area contributed by atoms with Crippen LogP contribution in [0, 0.1) is 0 Å². The van der Waals surface area contributed by atoms with Crippen LogP contribution in [0.2, 0.25) is 10.0 Å². The van der Waals surface area contributed by atoms with Crippen molar-refractivity contribution in [3.8, 4) is 5.75 Å². The maximum atomic E-state index is 12.9. The number of carbonyl (C=O) groups is 1. The molecule has 0 aliphatic rings. The zero-order chi connectivity index (χ0) is 15.3. The van der Waals surface area contributed by atoms with Crippen molar-refractivity contribution in [2.24, 2.45) is 5.73 Å². The fraction of sp³-hybridized carbons (Fsp3) is 0.417. The Hall–Kier alpha value is -1.11. The largest absolute Gasteiger partial charge is 0.479 e. The van der Waals surface area contributed by atoms with Crippen molar-refractivity contribution in [1.29, 1.82) is 0 Å². The number of alkyl halides is 2. The molecule has 8 heteroatoms. The van der Waals surface area contributed by atoms with Crippen LogP contribution in [0.4, 0.5) is 8.78 Å². The molecule has 3 N–H and O–H groups in total. The van der Waals surface area contributed by atoms with Gasteiger partial charge >= 0.3 is 0 Å². The number of nitrogens with two attached hydrogens (primary N) is 1. The molecule has 0 bridgehead atoms. The third kappa shape index (κ3) is 4.77. The molecule has 20 heavy (non-hydrogen) atoms. The van der Waals surface area contributed by atoms with Gasteiger partial charge in [-0.05, 0) is 19.1 Å². The average molecular weight is 327 g/mol. The first kappa shape index (κ1) is 16.9. The van der Waals surface area contributed by atoms with Gasteiger partial charge in [0.05, 0.1) is 18.1 Å². The zero-order valence-electron chi connectivity index (χ0n) is 10.6. The first-order valence-corrected chi connectivity index (χ1v) is 6.48. The van der Waals surface area contributed by atoms with E-state index in [1.807, 2.05) is 0 Å². The Morgan fingerprint density at radius 2 is 2.15 bits per heavy atom. The SMILES string of the molecule is CC(Oc1cccc(Cl)c1Cl)C(=O)NCC(F)(F)CN. The number of ether oxygens (including phenoxy) is 1. The molecule has 0 fully saturated rings. The highest BCUT2D eigenvalue weighted by molar-refractivity contribution is 6.42. The van der Waals surface area contributed by atoms with Crippen molar-refractivity contribution < 1.29 is 18.3 Å². The van der Waals surface area contributed by atoms with E-state index in [9.17, 15) is 13.6 Å². The molecule has 0 heterocycles. The van der Waals surface area contributed by atoms with Gasteiger partial charge in [0.25, 0.3) is 11.8 Å². The lowest BCUT2D eigenvalue weighted by atomic mass is 10.3. The first-order valence-electron chi connectivity index (χ1n) is 5.73. The number of carbonyl (C=O) groups excluding carboxylic acids is 1. The Kier molecular flexibility index (Phi) is 5.98. The highest BCUT2D eigenvalue weighted by atomic mass is 35.5. The van der Waals surface area contributed by atoms with Gasteiger partial charge < -0.3 is 15.8 Å². The van der Waals surface area contributed by atoms with E-state index in [0.29, 0.717) is 0 Å². The van der Waals surface area contributed by atoms with Crippen LogP contribution in [0.3, 0.4) is 0 Å². The number of hydrogen-bond acceptors (Lipinski definition) is 3. The van der Waals surface area contributed by atoms with Gasteiger partial charge in [0.2, 0.25) is 0 Å². The molecule has 0 aromatic heterocycles. The van der Waals surface area contributed by atoms with Gasteiger partial charge in [0.15, 0.2) is 6.10 Å². The maximum Gasteiger partial charge on any atom is 0.277 e. The minimum atomic E-state index is -3.15. The van der Waals surface area contributed by atoms with Gasteiger partial charge in [-0.25, -0.2) is 8.78 Å². The standard InChI is InChI=1S/C12H14Cl2F2N2O2/c1-7(11(19)18-6-12(15,16)5-17)20-9-4-2-3-8(13)10(9)14/h2-4,7H,5-6,17H2,1H3,(H,18,19). The minimum Gasteiger partial charge on any atom is -0.479 e. The second-order valence-corrected chi connectivity index (χ2v) is 4.88. The van der Waals surface area contributed by atoms with Gasteiger partial charge in [-0.2, -0.15) is 0 Å². The first-order chi connectivity index (χ1) is 9.26. The fourth-order valence-electron chi connectivity index (χ4n) is 1.25. The summed E-state index contributed by atoms with van der Waals surface area (Å²) in [7, 11) is 0. The van der Waals surface area contributed by atoms with E-state index in [4.69, 9.17) is 33.7 Å². The van der Waals surface area contributed by atoms with Crippen LogP contribution in [0.5, 0.6) is 5.75 Å². The zero-order valence-corrected chi connectivity index (χ0v) is 12.1. The van der Waals surface area contributed by atoms with Crippen molar-refractivity contribution in [1.82, 2.24) is 5.32 Å². The number of rotatable bonds is 6. The summed E-state index contributed by atoms with van der Waals surface area (Å²) in [6.45, 7) is -0.283. The van der Waals surface area contributed by atoms with E-state index in [2.05, 4.69) is 5.32 Å². The molecule has 1 aromatic rings. The molecule has 1 rings (SSSR count). The van der Waals surface area contributed by atoms with E-state index >= 15 is 0 Å². The Labute approximate surface area is 125 Å². The highest BCUT2D eigenvalue weighted by Gasteiger charge is 2.28. The van der Waals surface area contributed by atoms with Crippen LogP contribution in [0.25, 0.3) is 0 Å². The van der Waals surface area contributed by atoms with Gasteiger partial charge in [-0.1, -0.05) is 29.3 Å². The van der Waals surface area contributed by atoms with E-state index in [-0.39, 0.29) is 15.8 Å². The normalized spacial score (nSPS) is 12.9. The predicted molar refractivity (Wildman–Crippen MR) is 73.6 cm³/mol. The second-order valence-electron chi connectivity index (χ2n) is 4.09. The molecule has 0 saturated carbocycles. The minimum absolute atomic E-state index is 0.154. The Morgan fingerprint density at radius 1 is 1.50 bits per heavy atom. The van der Waals surface area contributed by atoms with Crippen molar-refractivity contribution >= 4 is 29.1 Å². The monoisotopic (exact) mass is 326 g/mol. The van der Waals surface area contributed by atoms with E-state index in [0.717, 1.165) is 0 Å². The molecule has 0 saturated heterocycles. The third-order valence-electron chi connectivity index (χ3n) is 2.41. The fourth-order valence-corrected chi connectivity index (χ4v) is 1.59. The summed E-state index contributed by atoms with van der Waals surface area (Å²) in [6, 6.07) is 4.67. The molecular formula is C12H14Cl2F2N2O2. The van der Waals surface area contributed by atoms with Crippen LogP contribution < -0.4 is 15.8 Å². The van der Waals surface area contributed by atoms with Crippen molar-refractivity contribution in [3.63, 3.8) is 0 Å². The van der Waals surface area contributed by atoms with Gasteiger partial charge in [0, 0.05) is 0 Å². The smallest absolute Gasteiger partial charge is 0.277 e. The van der Waals surface area contributed by atoms with Crippen LogP contribution >= 0.6 is 23.2 Å². The molecular weight excluding hydrogens is 313 g/mol. The van der Waals surface area contributed by atoms with Gasteiger partial charge in [-0.15, -0.1) is 0 Å². The quantitative estimate of drug-likeness (QED) is 0.844. The molecule has 1 unspecified atom stereocenters. The summed E-state index contributed by atoms with van der Waals surface area (Å²) in [5, 5.41) is 2.48. The maximum absolute atomic E-state index is 12.9. The second kappa shape index (κ2) is 7.06. The van der Waals surface area contributed by atoms with Gasteiger partial charge in [-0.3, -0.25) is 4.79 Å². The molecule has 112 valence electrons. The van der Waals surface area contributed by atoms with E-state index in [1.165, 1.54) is 13.0 Å². The number of hydrogen-bond donors (Lipinski definition) is 2. The summed E-state index contributed by atoms with van der Waals surface area (Å²) in [4.78, 5) is 11.6. The Balaban J connectivity index is 2.60. The van der Waals surface area contributed by atoms with E-state index < -0.39 is 31.0 Å². The van der Waals surface area contributed by atoms with Crippen LogP contribution in [-0.2, 0) is 4.79 Å². The van der Waals surface area contributed by atoms with Crippen LogP contribution in [0.15, 0.2) is 18.2 Å². The molecule has 1 atom stereocenters. The summed E-state index contributed by atoms with van der Waals surface area (Å²) in [5.41, 5.74) is 4.86. The number of benzene rings is 1. The van der Waals surface area contributed by atoms with Crippen molar-refractivity contribution in [2.45, 2.75) is 19.0 Å². The molecule has 1 amide bonds. The number of amides is 1. The summed E-state index contributed by atoms with van der Waals surface area (Å²) in [5.74, 6) is -3.65. The van der Waals surface area contributed by atoms with E-state index in [1.54, 1.807) is 12.1 Å². The summed E-state index contributed by atoms with van der Waals surface area (Å²) >= 11 is 11.7. The molecule has 1 aromatic carbocycles. The molecule has 4 nitrogen and oxygen atoms in total. The highest BCUT2D eigenvalue weighted by Crippen LogP contribution is 2.32. The van der Waals surface area contributed by atoms with Crippen molar-refractivity contribution in [3.05, 3.63) is 28.2 Å². The third-order valence-corrected chi connectivity index (χ3v) is 3.21. The van der Waals surface area contributed by atoms with Crippen molar-refractivity contribution in [2.75, 3.05) is 13.1 Å². The van der Waals surface area contributed by atoms with Crippen LogP contribution in [0.1, 0.15) is 6.92 Å². The summed E-state index contributed by atoms with van der Waals surface area (Å²) in [6.07, 6.45) is -1.00. The number of halogens is 4. The molecule has 0 radical (unpaired) electrons. The molecule has 0 aliphatic heterocycles. The lowest BCUT2D eigenvalue weighted by Crippen LogP contribution is -2.45. The lowest BCUT2D eigenvalue weighted by molar-refractivity contribution is -0.129.